The normalized spacial score (nSPS) is 9.24. The lowest BCUT2D eigenvalue weighted by Gasteiger charge is -2.05. The molecular weight excluding hydrogens is 222 g/mol. The lowest BCUT2D eigenvalue weighted by molar-refractivity contribution is 0.0600. The second-order valence-electron chi connectivity index (χ2n) is 3.08. The minimum atomic E-state index is -0.573. The number of hydrogen-bond acceptors (Lipinski definition) is 4. The molecule has 17 heavy (non-hydrogen) atoms. The molecule has 0 aliphatic carbocycles. The maximum absolute atomic E-state index is 11.2. The van der Waals surface area contributed by atoms with Gasteiger partial charge < -0.3 is 14.8 Å². The number of rotatable bonds is 4. The number of esters is 1. The van der Waals surface area contributed by atoms with Crippen LogP contribution >= 0.6 is 0 Å². The summed E-state index contributed by atoms with van der Waals surface area (Å²) in [6.45, 7) is 3.79. The lowest BCUT2D eigenvalue weighted by Crippen LogP contribution is -2.26. The maximum Gasteiger partial charge on any atom is 0.412 e. The first-order valence-corrected chi connectivity index (χ1v) is 4.92. The van der Waals surface area contributed by atoms with Crippen molar-refractivity contribution in [2.24, 2.45) is 0 Å². The molecule has 1 N–H and O–H groups in total. The number of amides is 1. The molecule has 0 aliphatic heterocycles. The standard InChI is InChI=1S/C12H13NO4/c1-3-8-13-12(15)17-10-6-4-9(5-7-10)11(14)16-2/h3-7H,1,8H2,2H3,(H,13,15). The van der Waals surface area contributed by atoms with Crippen molar-refractivity contribution in [3.63, 3.8) is 0 Å². The minimum Gasteiger partial charge on any atom is -0.465 e. The molecule has 0 fully saturated rings. The highest BCUT2D eigenvalue weighted by Gasteiger charge is 2.06. The molecule has 0 radical (unpaired) electrons. The summed E-state index contributed by atoms with van der Waals surface area (Å²) in [5.74, 6) is -0.0909. The molecule has 90 valence electrons. The predicted octanol–water partition coefficient (Wildman–Crippen LogP) is 1.75. The Hall–Kier alpha value is -2.30. The van der Waals surface area contributed by atoms with E-state index >= 15 is 0 Å². The molecule has 1 rings (SSSR count). The summed E-state index contributed by atoms with van der Waals surface area (Å²) in [5.41, 5.74) is 0.395. The quantitative estimate of drug-likeness (QED) is 0.637. The zero-order chi connectivity index (χ0) is 12.7. The van der Waals surface area contributed by atoms with Crippen LogP contribution in [0.3, 0.4) is 0 Å². The van der Waals surface area contributed by atoms with Gasteiger partial charge in [-0.1, -0.05) is 6.08 Å². The maximum atomic E-state index is 11.2. The number of carbonyl (C=O) groups excluding carboxylic acids is 2. The molecule has 0 bridgehead atoms. The summed E-state index contributed by atoms with van der Waals surface area (Å²) in [7, 11) is 1.30. The van der Waals surface area contributed by atoms with Crippen LogP contribution in [0.2, 0.25) is 0 Å². The molecule has 0 aliphatic rings. The Balaban J connectivity index is 2.59. The Morgan fingerprint density at radius 3 is 2.53 bits per heavy atom. The summed E-state index contributed by atoms with van der Waals surface area (Å²) < 4.78 is 9.48. The van der Waals surface area contributed by atoms with Crippen LogP contribution in [-0.4, -0.2) is 25.7 Å². The molecule has 5 nitrogen and oxygen atoms in total. The van der Waals surface area contributed by atoms with Gasteiger partial charge >= 0.3 is 12.1 Å². The summed E-state index contributed by atoms with van der Waals surface area (Å²) >= 11 is 0. The van der Waals surface area contributed by atoms with Gasteiger partial charge in [0.1, 0.15) is 5.75 Å². The van der Waals surface area contributed by atoms with E-state index in [0.29, 0.717) is 17.9 Å². The van der Waals surface area contributed by atoms with Crippen LogP contribution in [-0.2, 0) is 4.74 Å². The molecule has 0 heterocycles. The van der Waals surface area contributed by atoms with E-state index in [4.69, 9.17) is 4.74 Å². The fourth-order valence-electron chi connectivity index (χ4n) is 1.08. The van der Waals surface area contributed by atoms with Gasteiger partial charge in [0, 0.05) is 6.54 Å². The van der Waals surface area contributed by atoms with E-state index in [1.807, 2.05) is 0 Å². The van der Waals surface area contributed by atoms with Crippen molar-refractivity contribution in [1.82, 2.24) is 5.32 Å². The fourth-order valence-corrected chi connectivity index (χ4v) is 1.08. The molecule has 1 aromatic carbocycles. The van der Waals surface area contributed by atoms with Gasteiger partial charge in [0.15, 0.2) is 0 Å². The zero-order valence-electron chi connectivity index (χ0n) is 9.43. The average molecular weight is 235 g/mol. The van der Waals surface area contributed by atoms with Crippen LogP contribution < -0.4 is 10.1 Å². The van der Waals surface area contributed by atoms with Gasteiger partial charge in [-0.2, -0.15) is 0 Å². The highest BCUT2D eigenvalue weighted by molar-refractivity contribution is 5.89. The number of benzene rings is 1. The second-order valence-corrected chi connectivity index (χ2v) is 3.08. The number of ether oxygens (including phenoxy) is 2. The minimum absolute atomic E-state index is 0.332. The first-order chi connectivity index (χ1) is 8.17. The van der Waals surface area contributed by atoms with E-state index in [2.05, 4.69) is 16.6 Å². The second kappa shape index (κ2) is 6.32. The first kappa shape index (κ1) is 12.8. The average Bonchev–Trinajstić information content (AvgIpc) is 2.36. The Labute approximate surface area is 99.0 Å². The molecule has 5 heteroatoms. The molecule has 0 aromatic heterocycles. The van der Waals surface area contributed by atoms with E-state index in [0.717, 1.165) is 0 Å². The molecule has 0 saturated heterocycles. The smallest absolute Gasteiger partial charge is 0.412 e. The highest BCUT2D eigenvalue weighted by Crippen LogP contribution is 2.12. The number of methoxy groups -OCH3 is 1. The number of carbonyl (C=O) groups is 2. The summed E-state index contributed by atoms with van der Waals surface area (Å²) in [6.07, 6.45) is 0.970. The molecular formula is C12H13NO4. The van der Waals surface area contributed by atoms with Crippen molar-refractivity contribution in [2.75, 3.05) is 13.7 Å². The molecule has 0 saturated carbocycles. The Morgan fingerprint density at radius 2 is 2.00 bits per heavy atom. The third kappa shape index (κ3) is 3.98. The summed E-state index contributed by atoms with van der Waals surface area (Å²) in [6, 6.07) is 6.06. The van der Waals surface area contributed by atoms with Gasteiger partial charge in [-0.25, -0.2) is 9.59 Å². The number of nitrogens with one attached hydrogen (secondary N) is 1. The van der Waals surface area contributed by atoms with Gasteiger partial charge in [0.2, 0.25) is 0 Å². The van der Waals surface area contributed by atoms with Gasteiger partial charge in [-0.3, -0.25) is 0 Å². The summed E-state index contributed by atoms with van der Waals surface area (Å²) in [5, 5.41) is 2.46. The molecule has 0 spiro atoms. The van der Waals surface area contributed by atoms with Gasteiger partial charge in [-0.05, 0) is 24.3 Å². The Morgan fingerprint density at radius 1 is 1.35 bits per heavy atom. The van der Waals surface area contributed by atoms with Crippen molar-refractivity contribution >= 4 is 12.1 Å². The third-order valence-corrected chi connectivity index (χ3v) is 1.88. The van der Waals surface area contributed by atoms with Crippen molar-refractivity contribution in [3.8, 4) is 5.75 Å². The van der Waals surface area contributed by atoms with Crippen molar-refractivity contribution < 1.29 is 19.1 Å². The van der Waals surface area contributed by atoms with Crippen LogP contribution in [0.15, 0.2) is 36.9 Å². The van der Waals surface area contributed by atoms with E-state index in [1.165, 1.54) is 31.4 Å². The SMILES string of the molecule is C=CCNC(=O)Oc1ccc(C(=O)OC)cc1. The third-order valence-electron chi connectivity index (χ3n) is 1.88. The summed E-state index contributed by atoms with van der Waals surface area (Å²) in [4.78, 5) is 22.3. The van der Waals surface area contributed by atoms with E-state index in [1.54, 1.807) is 6.08 Å². The van der Waals surface area contributed by atoms with Crippen LogP contribution in [0.1, 0.15) is 10.4 Å². The van der Waals surface area contributed by atoms with E-state index in [-0.39, 0.29) is 0 Å². The lowest BCUT2D eigenvalue weighted by atomic mass is 10.2. The van der Waals surface area contributed by atoms with Crippen molar-refractivity contribution in [2.45, 2.75) is 0 Å². The molecule has 1 aromatic rings. The highest BCUT2D eigenvalue weighted by atomic mass is 16.6. The Bertz CT molecular complexity index is 411. The largest absolute Gasteiger partial charge is 0.465 e. The van der Waals surface area contributed by atoms with Gasteiger partial charge in [0.05, 0.1) is 12.7 Å². The van der Waals surface area contributed by atoms with Crippen LogP contribution in [0, 0.1) is 0 Å². The van der Waals surface area contributed by atoms with Crippen molar-refractivity contribution in [1.29, 1.82) is 0 Å². The molecule has 0 atom stereocenters. The van der Waals surface area contributed by atoms with E-state index < -0.39 is 12.1 Å². The zero-order valence-corrected chi connectivity index (χ0v) is 9.43. The Kier molecular flexibility index (Phi) is 4.75. The van der Waals surface area contributed by atoms with Crippen LogP contribution in [0.4, 0.5) is 4.79 Å². The van der Waals surface area contributed by atoms with Crippen LogP contribution in [0.5, 0.6) is 5.75 Å². The topological polar surface area (TPSA) is 64.6 Å². The monoisotopic (exact) mass is 235 g/mol. The molecule has 0 unspecified atom stereocenters. The van der Waals surface area contributed by atoms with Crippen molar-refractivity contribution in [3.05, 3.63) is 42.5 Å². The van der Waals surface area contributed by atoms with E-state index in [9.17, 15) is 9.59 Å². The van der Waals surface area contributed by atoms with Crippen LogP contribution in [0.25, 0.3) is 0 Å². The first-order valence-electron chi connectivity index (χ1n) is 4.92. The molecule has 1 amide bonds. The van der Waals surface area contributed by atoms with Gasteiger partial charge in [-0.15, -0.1) is 6.58 Å². The predicted molar refractivity (Wildman–Crippen MR) is 62.0 cm³/mol. The fraction of sp³-hybridized carbons (Fsp3) is 0.167. The number of hydrogen-bond donors (Lipinski definition) is 1. The van der Waals surface area contributed by atoms with Gasteiger partial charge in [0.25, 0.3) is 0 Å².